The monoisotopic (exact) mass is 303 g/mol. The summed E-state index contributed by atoms with van der Waals surface area (Å²) >= 11 is 0. The fourth-order valence-corrected chi connectivity index (χ4v) is 2.99. The van der Waals surface area contributed by atoms with Crippen LogP contribution in [-0.2, 0) is 19.9 Å². The van der Waals surface area contributed by atoms with Gasteiger partial charge in [0.1, 0.15) is 5.69 Å². The Morgan fingerprint density at radius 3 is 2.91 bits per heavy atom. The molecule has 1 amide bonds. The second-order valence-electron chi connectivity index (χ2n) is 5.89. The van der Waals surface area contributed by atoms with Gasteiger partial charge in [-0.3, -0.25) is 4.79 Å². The van der Waals surface area contributed by atoms with Crippen LogP contribution >= 0.6 is 0 Å². The largest absolute Gasteiger partial charge is 0.425 e. The van der Waals surface area contributed by atoms with E-state index >= 15 is 0 Å². The fourth-order valence-electron chi connectivity index (χ4n) is 2.99. The lowest BCUT2D eigenvalue weighted by atomic mass is 10.0. The summed E-state index contributed by atoms with van der Waals surface area (Å²) in [5.41, 5.74) is 0.591. The van der Waals surface area contributed by atoms with Gasteiger partial charge >= 0.3 is 0 Å². The number of carbonyl (C=O) groups excluding carboxylic acids is 1. The number of nitrogens with zero attached hydrogens (tertiary/aromatic N) is 4. The Balaban J connectivity index is 1.52. The summed E-state index contributed by atoms with van der Waals surface area (Å²) in [7, 11) is 1.82. The van der Waals surface area contributed by atoms with Gasteiger partial charge in [-0.1, -0.05) is 6.92 Å². The van der Waals surface area contributed by atoms with E-state index in [-0.39, 0.29) is 11.9 Å². The van der Waals surface area contributed by atoms with Crippen LogP contribution < -0.4 is 5.32 Å². The van der Waals surface area contributed by atoms with Crippen LogP contribution in [0.1, 0.15) is 48.5 Å². The van der Waals surface area contributed by atoms with E-state index in [1.807, 2.05) is 14.0 Å². The third-order valence-electron chi connectivity index (χ3n) is 4.20. The number of imidazole rings is 1. The molecule has 0 saturated heterocycles. The molecule has 0 aliphatic heterocycles. The molecule has 22 heavy (non-hydrogen) atoms. The summed E-state index contributed by atoms with van der Waals surface area (Å²) in [5, 5.41) is 11.2. The minimum absolute atomic E-state index is 0.0586. The van der Waals surface area contributed by atoms with Gasteiger partial charge in [-0.05, 0) is 25.2 Å². The molecule has 1 saturated carbocycles. The van der Waals surface area contributed by atoms with Crippen molar-refractivity contribution in [1.82, 2.24) is 25.1 Å². The van der Waals surface area contributed by atoms with Gasteiger partial charge in [-0.2, -0.15) is 0 Å². The molecular formula is C15H21N5O2. The SMILES string of the molecule is CCc1nnc(C[C@@H]2CC[C@H](NC(=O)c3cncn3C)C2)o1. The van der Waals surface area contributed by atoms with Crippen molar-refractivity contribution in [3.63, 3.8) is 0 Å². The van der Waals surface area contributed by atoms with Gasteiger partial charge in [0, 0.05) is 25.9 Å². The summed E-state index contributed by atoms with van der Waals surface area (Å²) < 4.78 is 7.29. The molecule has 1 fully saturated rings. The normalized spacial score (nSPS) is 21.2. The first kappa shape index (κ1) is 14.7. The van der Waals surface area contributed by atoms with Gasteiger partial charge in [0.15, 0.2) is 0 Å². The Hall–Kier alpha value is -2.18. The Bertz CT molecular complexity index is 648. The maximum Gasteiger partial charge on any atom is 0.269 e. The first-order valence-corrected chi connectivity index (χ1v) is 7.74. The number of hydrogen-bond donors (Lipinski definition) is 1. The molecular weight excluding hydrogens is 282 g/mol. The average molecular weight is 303 g/mol. The summed E-state index contributed by atoms with van der Waals surface area (Å²) in [6, 6.07) is 0.209. The number of carbonyl (C=O) groups is 1. The molecule has 1 aliphatic rings. The van der Waals surface area contributed by atoms with Crippen LogP contribution in [0.5, 0.6) is 0 Å². The standard InChI is InChI=1S/C15H21N5O2/c1-3-13-18-19-14(22-13)7-10-4-5-11(6-10)17-15(21)12-8-16-9-20(12)2/h8-11H,3-7H2,1-2H3,(H,17,21)/t10-,11+/m1/s1. The molecule has 2 aromatic heterocycles. The Morgan fingerprint density at radius 2 is 2.23 bits per heavy atom. The maximum atomic E-state index is 12.2. The first-order valence-electron chi connectivity index (χ1n) is 7.74. The maximum absolute atomic E-state index is 12.2. The zero-order valence-corrected chi connectivity index (χ0v) is 13.0. The number of rotatable bonds is 5. The summed E-state index contributed by atoms with van der Waals surface area (Å²) in [5.74, 6) is 1.83. The van der Waals surface area contributed by atoms with Gasteiger partial charge < -0.3 is 14.3 Å². The van der Waals surface area contributed by atoms with Crippen molar-refractivity contribution in [2.75, 3.05) is 0 Å². The van der Waals surface area contributed by atoms with E-state index in [1.54, 1.807) is 17.1 Å². The molecule has 7 heteroatoms. The smallest absolute Gasteiger partial charge is 0.269 e. The molecule has 0 radical (unpaired) electrons. The van der Waals surface area contributed by atoms with Crippen LogP contribution in [0.4, 0.5) is 0 Å². The Morgan fingerprint density at radius 1 is 1.41 bits per heavy atom. The van der Waals surface area contributed by atoms with Gasteiger partial charge in [-0.15, -0.1) is 10.2 Å². The van der Waals surface area contributed by atoms with Crippen molar-refractivity contribution < 1.29 is 9.21 Å². The average Bonchev–Trinajstić information content (AvgIpc) is 3.21. The Kier molecular flexibility index (Phi) is 4.22. The number of aromatic nitrogens is 4. The zero-order valence-electron chi connectivity index (χ0n) is 13.0. The van der Waals surface area contributed by atoms with Crippen molar-refractivity contribution in [1.29, 1.82) is 0 Å². The molecule has 2 atom stereocenters. The van der Waals surface area contributed by atoms with E-state index in [0.29, 0.717) is 23.4 Å². The fraction of sp³-hybridized carbons (Fsp3) is 0.600. The summed E-state index contributed by atoms with van der Waals surface area (Å²) in [6.07, 6.45) is 7.79. The molecule has 7 nitrogen and oxygen atoms in total. The van der Waals surface area contributed by atoms with Crippen molar-refractivity contribution in [3.05, 3.63) is 30.0 Å². The first-order chi connectivity index (χ1) is 10.7. The third-order valence-corrected chi connectivity index (χ3v) is 4.20. The molecule has 2 heterocycles. The molecule has 3 rings (SSSR count). The second kappa shape index (κ2) is 6.29. The van der Waals surface area contributed by atoms with Gasteiger partial charge in [0.25, 0.3) is 5.91 Å². The van der Waals surface area contributed by atoms with Crippen LogP contribution in [-0.4, -0.2) is 31.7 Å². The minimum Gasteiger partial charge on any atom is -0.425 e. The highest BCUT2D eigenvalue weighted by Crippen LogP contribution is 2.28. The quantitative estimate of drug-likeness (QED) is 0.904. The predicted octanol–water partition coefficient (Wildman–Crippen LogP) is 1.51. The minimum atomic E-state index is -0.0586. The van der Waals surface area contributed by atoms with Gasteiger partial charge in [0.05, 0.1) is 12.5 Å². The third kappa shape index (κ3) is 3.18. The molecule has 0 aromatic carbocycles. The lowest BCUT2D eigenvalue weighted by molar-refractivity contribution is 0.0929. The molecule has 118 valence electrons. The highest BCUT2D eigenvalue weighted by Gasteiger charge is 2.28. The number of aryl methyl sites for hydroxylation is 2. The highest BCUT2D eigenvalue weighted by atomic mass is 16.4. The second-order valence-corrected chi connectivity index (χ2v) is 5.89. The van der Waals surface area contributed by atoms with Crippen molar-refractivity contribution in [2.45, 2.75) is 45.1 Å². The van der Waals surface area contributed by atoms with E-state index in [4.69, 9.17) is 4.42 Å². The lowest BCUT2D eigenvalue weighted by Gasteiger charge is -2.13. The number of amides is 1. The predicted molar refractivity (Wildman–Crippen MR) is 79.2 cm³/mol. The lowest BCUT2D eigenvalue weighted by Crippen LogP contribution is -2.34. The van der Waals surface area contributed by atoms with Gasteiger partial charge in [0.2, 0.25) is 11.8 Å². The van der Waals surface area contributed by atoms with Crippen LogP contribution in [0.2, 0.25) is 0 Å². The van der Waals surface area contributed by atoms with E-state index in [1.165, 1.54) is 0 Å². The molecule has 0 bridgehead atoms. The van der Waals surface area contributed by atoms with Crippen LogP contribution in [0, 0.1) is 5.92 Å². The molecule has 0 unspecified atom stereocenters. The van der Waals surface area contributed by atoms with Gasteiger partial charge in [-0.25, -0.2) is 4.98 Å². The summed E-state index contributed by atoms with van der Waals surface area (Å²) in [6.45, 7) is 2.00. The van der Waals surface area contributed by atoms with Crippen LogP contribution in [0.3, 0.4) is 0 Å². The van der Waals surface area contributed by atoms with E-state index in [2.05, 4.69) is 20.5 Å². The van der Waals surface area contributed by atoms with E-state index < -0.39 is 0 Å². The van der Waals surface area contributed by atoms with Crippen LogP contribution in [0.15, 0.2) is 16.9 Å². The molecule has 2 aromatic rings. The van der Waals surface area contributed by atoms with Crippen molar-refractivity contribution in [2.24, 2.45) is 13.0 Å². The molecule has 0 spiro atoms. The zero-order chi connectivity index (χ0) is 15.5. The van der Waals surface area contributed by atoms with E-state index in [9.17, 15) is 4.79 Å². The van der Waals surface area contributed by atoms with Crippen LogP contribution in [0.25, 0.3) is 0 Å². The summed E-state index contributed by atoms with van der Waals surface area (Å²) in [4.78, 5) is 16.2. The highest BCUT2D eigenvalue weighted by molar-refractivity contribution is 5.92. The van der Waals surface area contributed by atoms with E-state index in [0.717, 1.165) is 32.1 Å². The topological polar surface area (TPSA) is 85.8 Å². The Labute approximate surface area is 129 Å². The van der Waals surface area contributed by atoms with Crippen molar-refractivity contribution >= 4 is 5.91 Å². The molecule has 1 N–H and O–H groups in total. The van der Waals surface area contributed by atoms with Crippen molar-refractivity contribution in [3.8, 4) is 0 Å². The number of hydrogen-bond acceptors (Lipinski definition) is 5. The number of nitrogens with one attached hydrogen (secondary N) is 1. The molecule has 1 aliphatic carbocycles.